The van der Waals surface area contributed by atoms with Crippen molar-refractivity contribution in [3.8, 4) is 0 Å². The SMILES string of the molecule is O=S(=O)(c1ccc(C2NNNN2)cc1)N(CCCCC(F)(F)F)c1sc2ccccc2c1Br. The fourth-order valence-electron chi connectivity index (χ4n) is 3.45. The smallest absolute Gasteiger partial charge is 0.256 e. The molecule has 0 spiro atoms. The van der Waals surface area contributed by atoms with E-state index in [-0.39, 0.29) is 30.4 Å². The topological polar surface area (TPSA) is 85.5 Å². The van der Waals surface area contributed by atoms with E-state index >= 15 is 0 Å². The number of fused-ring (bicyclic) bond motifs is 1. The van der Waals surface area contributed by atoms with Gasteiger partial charge in [0.05, 0.1) is 9.37 Å². The van der Waals surface area contributed by atoms with Crippen molar-refractivity contribution in [2.75, 3.05) is 10.8 Å². The van der Waals surface area contributed by atoms with Crippen molar-refractivity contribution in [2.45, 2.75) is 36.5 Å². The summed E-state index contributed by atoms with van der Waals surface area (Å²) in [6.07, 6.45) is -5.56. The number of unbranched alkanes of at least 4 members (excludes halogenated alkanes) is 1. The summed E-state index contributed by atoms with van der Waals surface area (Å²) in [5.41, 5.74) is 12.0. The summed E-state index contributed by atoms with van der Waals surface area (Å²) in [6, 6.07) is 13.8. The molecule has 2 heterocycles. The fourth-order valence-corrected chi connectivity index (χ4v) is 7.35. The summed E-state index contributed by atoms with van der Waals surface area (Å²) in [5.74, 6) is 0. The molecule has 1 aliphatic heterocycles. The molecular weight excluding hydrogens is 543 g/mol. The summed E-state index contributed by atoms with van der Waals surface area (Å²) >= 11 is 4.79. The van der Waals surface area contributed by atoms with Crippen molar-refractivity contribution < 1.29 is 21.6 Å². The first-order valence-electron chi connectivity index (χ1n) is 10.0. The van der Waals surface area contributed by atoms with Gasteiger partial charge in [0, 0.05) is 23.1 Å². The summed E-state index contributed by atoms with van der Waals surface area (Å²) < 4.78 is 67.8. The molecule has 4 rings (SSSR count). The minimum atomic E-state index is -4.27. The number of halogens is 4. The first-order chi connectivity index (χ1) is 15.7. The Labute approximate surface area is 201 Å². The van der Waals surface area contributed by atoms with Crippen LogP contribution < -0.4 is 26.2 Å². The van der Waals surface area contributed by atoms with Crippen LogP contribution in [0.4, 0.5) is 18.2 Å². The maximum absolute atomic E-state index is 13.6. The average Bonchev–Trinajstić information content (AvgIpc) is 3.42. The van der Waals surface area contributed by atoms with Crippen molar-refractivity contribution in [3.63, 3.8) is 0 Å². The zero-order chi connectivity index (χ0) is 23.6. The minimum Gasteiger partial charge on any atom is -0.256 e. The second-order valence-electron chi connectivity index (χ2n) is 7.41. The summed E-state index contributed by atoms with van der Waals surface area (Å²) in [4.78, 5) is 0.0605. The molecule has 0 bridgehead atoms. The monoisotopic (exact) mass is 563 g/mol. The van der Waals surface area contributed by atoms with Gasteiger partial charge < -0.3 is 0 Å². The second-order valence-corrected chi connectivity index (χ2v) is 11.1. The highest BCUT2D eigenvalue weighted by molar-refractivity contribution is 9.10. The lowest BCUT2D eigenvalue weighted by molar-refractivity contribution is -0.135. The van der Waals surface area contributed by atoms with Gasteiger partial charge in [-0.3, -0.25) is 4.31 Å². The van der Waals surface area contributed by atoms with E-state index in [0.717, 1.165) is 15.6 Å². The van der Waals surface area contributed by atoms with Crippen molar-refractivity contribution in [1.29, 1.82) is 0 Å². The lowest BCUT2D eigenvalue weighted by Crippen LogP contribution is -2.33. The number of alkyl halides is 3. The van der Waals surface area contributed by atoms with Crippen LogP contribution in [0, 0.1) is 0 Å². The van der Waals surface area contributed by atoms with Crippen LogP contribution in [0.1, 0.15) is 31.0 Å². The molecule has 1 saturated heterocycles. The van der Waals surface area contributed by atoms with Gasteiger partial charge in [0.1, 0.15) is 11.2 Å². The molecule has 0 unspecified atom stereocenters. The Kier molecular flexibility index (Phi) is 7.29. The van der Waals surface area contributed by atoms with Gasteiger partial charge in [0.25, 0.3) is 10.0 Å². The largest absolute Gasteiger partial charge is 0.389 e. The van der Waals surface area contributed by atoms with Crippen LogP contribution in [0.25, 0.3) is 10.1 Å². The maximum Gasteiger partial charge on any atom is 0.389 e. The van der Waals surface area contributed by atoms with Crippen LogP contribution in [0.15, 0.2) is 57.9 Å². The lowest BCUT2D eigenvalue weighted by Gasteiger charge is -2.24. The number of rotatable bonds is 8. The molecule has 3 aromatic rings. The lowest BCUT2D eigenvalue weighted by atomic mass is 10.2. The number of anilines is 1. The summed E-state index contributed by atoms with van der Waals surface area (Å²) in [5, 5.41) is 1.29. The highest BCUT2D eigenvalue weighted by Gasteiger charge is 2.30. The number of sulfonamides is 1. The summed E-state index contributed by atoms with van der Waals surface area (Å²) in [6.45, 7) is -0.0643. The molecule has 1 aliphatic rings. The minimum absolute atomic E-state index is 0.0605. The van der Waals surface area contributed by atoms with Gasteiger partial charge in [-0.2, -0.15) is 24.2 Å². The van der Waals surface area contributed by atoms with Gasteiger partial charge in [-0.05, 0) is 52.5 Å². The van der Waals surface area contributed by atoms with Crippen molar-refractivity contribution in [1.82, 2.24) is 21.9 Å². The molecule has 2 aromatic carbocycles. The van der Waals surface area contributed by atoms with Crippen LogP contribution in [0.5, 0.6) is 0 Å². The Morgan fingerprint density at radius 3 is 2.30 bits per heavy atom. The molecule has 1 fully saturated rings. The van der Waals surface area contributed by atoms with E-state index in [1.54, 1.807) is 12.1 Å². The number of hydrogen-bond donors (Lipinski definition) is 4. The third kappa shape index (κ3) is 5.50. The Hall–Kier alpha value is -1.74. The molecule has 4 N–H and O–H groups in total. The molecule has 0 amide bonds. The van der Waals surface area contributed by atoms with E-state index in [0.29, 0.717) is 9.47 Å². The van der Waals surface area contributed by atoms with E-state index in [1.165, 1.54) is 27.8 Å². The van der Waals surface area contributed by atoms with Crippen molar-refractivity contribution >= 4 is 52.4 Å². The van der Waals surface area contributed by atoms with Crippen molar-refractivity contribution in [2.24, 2.45) is 0 Å². The Balaban J connectivity index is 1.65. The van der Waals surface area contributed by atoms with E-state index in [9.17, 15) is 21.6 Å². The number of thiophene rings is 1. The zero-order valence-electron chi connectivity index (χ0n) is 17.1. The third-order valence-corrected chi connectivity index (χ3v) is 9.30. The normalized spacial score (nSPS) is 15.4. The van der Waals surface area contributed by atoms with E-state index in [1.807, 2.05) is 24.3 Å². The fraction of sp³-hybridized carbons (Fsp3) is 0.300. The molecule has 33 heavy (non-hydrogen) atoms. The van der Waals surface area contributed by atoms with Crippen LogP contribution >= 0.6 is 27.3 Å². The number of nitrogens with one attached hydrogen (secondary N) is 4. The molecule has 7 nitrogen and oxygen atoms in total. The van der Waals surface area contributed by atoms with Crippen LogP contribution in [-0.2, 0) is 10.0 Å². The molecule has 0 atom stereocenters. The highest BCUT2D eigenvalue weighted by atomic mass is 79.9. The Morgan fingerprint density at radius 2 is 1.67 bits per heavy atom. The number of nitrogens with zero attached hydrogens (tertiary/aromatic N) is 1. The number of hydrazine groups is 3. The molecule has 0 aliphatic carbocycles. The first-order valence-corrected chi connectivity index (χ1v) is 13.1. The maximum atomic E-state index is 13.6. The zero-order valence-corrected chi connectivity index (χ0v) is 20.3. The van der Waals surface area contributed by atoms with Crippen LogP contribution in [0.2, 0.25) is 0 Å². The van der Waals surface area contributed by atoms with Gasteiger partial charge in [-0.25, -0.2) is 19.3 Å². The van der Waals surface area contributed by atoms with E-state index in [2.05, 4.69) is 37.9 Å². The van der Waals surface area contributed by atoms with E-state index in [4.69, 9.17) is 0 Å². The number of hydrogen-bond acceptors (Lipinski definition) is 7. The molecule has 13 heteroatoms. The average molecular weight is 564 g/mol. The molecule has 0 saturated carbocycles. The number of benzene rings is 2. The van der Waals surface area contributed by atoms with E-state index < -0.39 is 22.6 Å². The van der Waals surface area contributed by atoms with Gasteiger partial charge in [0.15, 0.2) is 0 Å². The van der Waals surface area contributed by atoms with Crippen LogP contribution in [0.3, 0.4) is 0 Å². The third-order valence-electron chi connectivity index (χ3n) is 5.11. The van der Waals surface area contributed by atoms with Crippen LogP contribution in [-0.4, -0.2) is 21.1 Å². The predicted molar refractivity (Wildman–Crippen MR) is 126 cm³/mol. The van der Waals surface area contributed by atoms with Gasteiger partial charge in [-0.15, -0.1) is 11.3 Å². The quantitative estimate of drug-likeness (QED) is 0.297. The molecule has 1 aromatic heterocycles. The van der Waals surface area contributed by atoms with Gasteiger partial charge in [-0.1, -0.05) is 30.3 Å². The molecule has 0 radical (unpaired) electrons. The van der Waals surface area contributed by atoms with Crippen molar-refractivity contribution in [3.05, 3.63) is 58.6 Å². The molecule has 178 valence electrons. The molecular formula is C20H21BrF3N5O2S2. The highest BCUT2D eigenvalue weighted by Crippen LogP contribution is 2.44. The first kappa shape index (κ1) is 24.4. The standard InChI is InChI=1S/C20H21BrF3N5O2S2/c21-17-15-5-1-2-6-16(15)32-19(17)29(12-4-3-11-20(22,23)24)33(30,31)14-9-7-13(8-10-14)18-25-27-28-26-18/h1-2,5-10,18,25-28H,3-4,11-12H2. The summed E-state index contributed by atoms with van der Waals surface area (Å²) in [7, 11) is -4.02. The predicted octanol–water partition coefficient (Wildman–Crippen LogP) is 4.71. The second kappa shape index (κ2) is 9.86. The van der Waals surface area contributed by atoms with Gasteiger partial charge >= 0.3 is 6.18 Å². The Bertz CT molecular complexity index is 1210. The Morgan fingerprint density at radius 1 is 1.00 bits per heavy atom. The van der Waals surface area contributed by atoms with Gasteiger partial charge in [0.2, 0.25) is 0 Å².